The molecule has 0 saturated carbocycles. The third kappa shape index (κ3) is 3.82. The second kappa shape index (κ2) is 6.17. The van der Waals surface area contributed by atoms with Crippen molar-refractivity contribution >= 4 is 17.5 Å². The van der Waals surface area contributed by atoms with Gasteiger partial charge in [0, 0.05) is 17.4 Å². The standard InChI is InChI=1S/C13H15FO2S/c14-11-3-5-12(6-4-11)17-9-13(15)10-2-1-7-16-8-10/h3-6,10H,1-2,7-9H2. The Hall–Kier alpha value is -0.870. The Morgan fingerprint density at radius 2 is 2.18 bits per heavy atom. The van der Waals surface area contributed by atoms with Crippen LogP contribution >= 0.6 is 11.8 Å². The molecule has 0 amide bonds. The maximum atomic E-state index is 12.7. The number of carbonyl (C=O) groups excluding carboxylic acids is 1. The highest BCUT2D eigenvalue weighted by Crippen LogP contribution is 2.22. The van der Waals surface area contributed by atoms with Crippen molar-refractivity contribution in [1.82, 2.24) is 0 Å². The van der Waals surface area contributed by atoms with Crippen LogP contribution in [0.3, 0.4) is 0 Å². The molecule has 1 fully saturated rings. The van der Waals surface area contributed by atoms with Gasteiger partial charge in [-0.25, -0.2) is 4.39 Å². The first kappa shape index (κ1) is 12.6. The van der Waals surface area contributed by atoms with E-state index in [0.717, 1.165) is 24.3 Å². The maximum Gasteiger partial charge on any atom is 0.148 e. The zero-order chi connectivity index (χ0) is 12.1. The molecule has 0 aromatic heterocycles. The fraction of sp³-hybridized carbons (Fsp3) is 0.462. The van der Waals surface area contributed by atoms with E-state index in [-0.39, 0.29) is 17.5 Å². The van der Waals surface area contributed by atoms with Crippen LogP contribution in [0.5, 0.6) is 0 Å². The first-order valence-corrected chi connectivity index (χ1v) is 6.73. The lowest BCUT2D eigenvalue weighted by atomic mass is 9.99. The summed E-state index contributed by atoms with van der Waals surface area (Å²) in [5, 5.41) is 0. The normalized spacial score (nSPS) is 20.2. The number of hydrogen-bond donors (Lipinski definition) is 0. The molecule has 0 bridgehead atoms. The van der Waals surface area contributed by atoms with Gasteiger partial charge in [0.2, 0.25) is 0 Å². The second-order valence-electron chi connectivity index (χ2n) is 4.12. The minimum absolute atomic E-state index is 0.0525. The molecule has 1 atom stereocenters. The first-order valence-electron chi connectivity index (χ1n) is 5.74. The highest BCUT2D eigenvalue weighted by molar-refractivity contribution is 8.00. The molecule has 0 radical (unpaired) electrons. The molecular weight excluding hydrogens is 239 g/mol. The van der Waals surface area contributed by atoms with E-state index in [2.05, 4.69) is 0 Å². The molecule has 1 aromatic carbocycles. The van der Waals surface area contributed by atoms with Crippen LogP contribution in [0.1, 0.15) is 12.8 Å². The number of ketones is 1. The SMILES string of the molecule is O=C(CSc1ccc(F)cc1)C1CCCOC1. The Labute approximate surface area is 105 Å². The molecule has 92 valence electrons. The highest BCUT2D eigenvalue weighted by Gasteiger charge is 2.21. The van der Waals surface area contributed by atoms with E-state index in [4.69, 9.17) is 4.74 Å². The van der Waals surface area contributed by atoms with Gasteiger partial charge in [-0.1, -0.05) is 0 Å². The molecular formula is C13H15FO2S. The fourth-order valence-corrected chi connectivity index (χ4v) is 2.67. The monoisotopic (exact) mass is 254 g/mol. The van der Waals surface area contributed by atoms with Crippen LogP contribution in [-0.4, -0.2) is 24.7 Å². The van der Waals surface area contributed by atoms with Crippen LogP contribution in [0.4, 0.5) is 4.39 Å². The summed E-state index contributed by atoms with van der Waals surface area (Å²) in [7, 11) is 0. The van der Waals surface area contributed by atoms with Crippen molar-refractivity contribution in [3.8, 4) is 0 Å². The van der Waals surface area contributed by atoms with Gasteiger partial charge in [-0.2, -0.15) is 0 Å². The molecule has 2 rings (SSSR count). The van der Waals surface area contributed by atoms with E-state index >= 15 is 0 Å². The number of benzene rings is 1. The molecule has 1 aliphatic heterocycles. The van der Waals surface area contributed by atoms with Crippen LogP contribution in [0.15, 0.2) is 29.2 Å². The van der Waals surface area contributed by atoms with E-state index in [0.29, 0.717) is 12.4 Å². The molecule has 17 heavy (non-hydrogen) atoms. The summed E-state index contributed by atoms with van der Waals surface area (Å²) >= 11 is 1.46. The van der Waals surface area contributed by atoms with Crippen LogP contribution in [-0.2, 0) is 9.53 Å². The Morgan fingerprint density at radius 1 is 1.41 bits per heavy atom. The molecule has 0 spiro atoms. The molecule has 4 heteroatoms. The lowest BCUT2D eigenvalue weighted by molar-refractivity contribution is -0.124. The lowest BCUT2D eigenvalue weighted by Crippen LogP contribution is -2.26. The number of carbonyl (C=O) groups is 1. The predicted octanol–water partition coefficient (Wildman–Crippen LogP) is 2.91. The minimum atomic E-state index is -0.249. The van der Waals surface area contributed by atoms with Crippen molar-refractivity contribution in [2.75, 3.05) is 19.0 Å². The van der Waals surface area contributed by atoms with Gasteiger partial charge in [0.25, 0.3) is 0 Å². The largest absolute Gasteiger partial charge is 0.381 e. The van der Waals surface area contributed by atoms with E-state index in [1.807, 2.05) is 0 Å². The van der Waals surface area contributed by atoms with Crippen molar-refractivity contribution in [3.63, 3.8) is 0 Å². The summed E-state index contributed by atoms with van der Waals surface area (Å²) in [6, 6.07) is 6.22. The van der Waals surface area contributed by atoms with Crippen LogP contribution in [0, 0.1) is 11.7 Å². The molecule has 1 aliphatic rings. The second-order valence-corrected chi connectivity index (χ2v) is 5.17. The summed E-state index contributed by atoms with van der Waals surface area (Å²) in [6.07, 6.45) is 1.90. The Morgan fingerprint density at radius 3 is 2.82 bits per heavy atom. The number of Topliss-reactive ketones (excluding diaryl/α,β-unsaturated/α-hetero) is 1. The van der Waals surface area contributed by atoms with Crippen molar-refractivity contribution in [3.05, 3.63) is 30.1 Å². The number of ether oxygens (including phenoxy) is 1. The van der Waals surface area contributed by atoms with E-state index < -0.39 is 0 Å². The van der Waals surface area contributed by atoms with Gasteiger partial charge < -0.3 is 4.74 Å². The quantitative estimate of drug-likeness (QED) is 0.773. The van der Waals surface area contributed by atoms with Gasteiger partial charge in [-0.3, -0.25) is 4.79 Å². The van der Waals surface area contributed by atoms with Crippen LogP contribution in [0.2, 0.25) is 0 Å². The van der Waals surface area contributed by atoms with Crippen LogP contribution in [0.25, 0.3) is 0 Å². The van der Waals surface area contributed by atoms with Crippen LogP contribution < -0.4 is 0 Å². The Balaban J connectivity index is 1.81. The summed E-state index contributed by atoms with van der Waals surface area (Å²) in [5.74, 6) is 0.483. The Bertz CT molecular complexity index is 372. The van der Waals surface area contributed by atoms with Gasteiger partial charge in [-0.15, -0.1) is 11.8 Å². The number of thioether (sulfide) groups is 1. The average molecular weight is 254 g/mol. The van der Waals surface area contributed by atoms with Crippen molar-refractivity contribution in [1.29, 1.82) is 0 Å². The molecule has 1 saturated heterocycles. The molecule has 0 N–H and O–H groups in total. The number of rotatable bonds is 4. The lowest BCUT2D eigenvalue weighted by Gasteiger charge is -2.20. The van der Waals surface area contributed by atoms with Crippen molar-refractivity contribution < 1.29 is 13.9 Å². The van der Waals surface area contributed by atoms with Gasteiger partial charge in [0.05, 0.1) is 12.4 Å². The summed E-state index contributed by atoms with van der Waals surface area (Å²) < 4.78 is 18.0. The zero-order valence-corrected chi connectivity index (χ0v) is 10.3. The van der Waals surface area contributed by atoms with Gasteiger partial charge in [-0.05, 0) is 37.1 Å². The summed E-state index contributed by atoms with van der Waals surface area (Å²) in [6.45, 7) is 1.33. The zero-order valence-electron chi connectivity index (χ0n) is 9.52. The fourth-order valence-electron chi connectivity index (χ4n) is 1.80. The van der Waals surface area contributed by atoms with Gasteiger partial charge >= 0.3 is 0 Å². The molecule has 1 heterocycles. The molecule has 1 aromatic rings. The van der Waals surface area contributed by atoms with E-state index in [1.165, 1.54) is 23.9 Å². The third-order valence-corrected chi connectivity index (χ3v) is 3.84. The van der Waals surface area contributed by atoms with Gasteiger partial charge in [0.15, 0.2) is 0 Å². The van der Waals surface area contributed by atoms with Gasteiger partial charge in [0.1, 0.15) is 11.6 Å². The van der Waals surface area contributed by atoms with E-state index in [1.54, 1.807) is 12.1 Å². The maximum absolute atomic E-state index is 12.7. The summed E-state index contributed by atoms with van der Waals surface area (Å²) in [4.78, 5) is 12.8. The smallest absolute Gasteiger partial charge is 0.148 e. The highest BCUT2D eigenvalue weighted by atomic mass is 32.2. The van der Waals surface area contributed by atoms with E-state index in [9.17, 15) is 9.18 Å². The number of halogens is 1. The van der Waals surface area contributed by atoms with Crippen molar-refractivity contribution in [2.45, 2.75) is 17.7 Å². The summed E-state index contributed by atoms with van der Waals surface area (Å²) in [5.41, 5.74) is 0. The predicted molar refractivity (Wildman–Crippen MR) is 65.7 cm³/mol. The molecule has 0 aliphatic carbocycles. The topological polar surface area (TPSA) is 26.3 Å². The Kier molecular flexibility index (Phi) is 4.57. The minimum Gasteiger partial charge on any atom is -0.381 e. The molecule has 1 unspecified atom stereocenters. The average Bonchev–Trinajstić information content (AvgIpc) is 2.39. The third-order valence-electron chi connectivity index (χ3n) is 2.81. The number of hydrogen-bond acceptors (Lipinski definition) is 3. The first-order chi connectivity index (χ1) is 8.25. The molecule has 2 nitrogen and oxygen atoms in total. The van der Waals surface area contributed by atoms with Crippen molar-refractivity contribution in [2.24, 2.45) is 5.92 Å².